The Hall–Kier alpha value is -5.02. The summed E-state index contributed by atoms with van der Waals surface area (Å²) in [5.41, 5.74) is 0.911. The van der Waals surface area contributed by atoms with Crippen LogP contribution in [0.2, 0.25) is 0 Å². The van der Waals surface area contributed by atoms with Crippen LogP contribution in [0.25, 0.3) is 32.9 Å². The first-order valence-electron chi connectivity index (χ1n) is 18.4. The molecule has 5 aliphatic rings. The van der Waals surface area contributed by atoms with Crippen LogP contribution in [-0.4, -0.2) is 98.6 Å². The number of alkyl halides is 1. The number of aromatic nitrogens is 3. The van der Waals surface area contributed by atoms with Crippen LogP contribution >= 0.6 is 0 Å². The number of hydrogen-bond donors (Lipinski definition) is 0. The summed E-state index contributed by atoms with van der Waals surface area (Å²) in [5.74, 6) is 2.69. The zero-order valence-electron chi connectivity index (χ0n) is 30.4. The Morgan fingerprint density at radius 3 is 2.70 bits per heavy atom. The maximum absolute atomic E-state index is 17.3. The zero-order valence-corrected chi connectivity index (χ0v) is 30.4. The number of piperazine rings is 1. The van der Waals surface area contributed by atoms with Crippen molar-refractivity contribution in [3.63, 3.8) is 0 Å². The maximum atomic E-state index is 17.3. The van der Waals surface area contributed by atoms with Crippen molar-refractivity contribution in [1.29, 1.82) is 0 Å². The van der Waals surface area contributed by atoms with E-state index in [-0.39, 0.29) is 53.9 Å². The minimum Gasteiger partial charge on any atom is -0.472 e. The molecule has 10 nitrogen and oxygen atoms in total. The molecule has 4 saturated heterocycles. The molecule has 2 aromatic carbocycles. The highest BCUT2D eigenvalue weighted by Gasteiger charge is 2.54. The van der Waals surface area contributed by atoms with E-state index in [2.05, 4.69) is 22.3 Å². The molecule has 5 aliphatic heterocycles. The highest BCUT2D eigenvalue weighted by Crippen LogP contribution is 2.48. The molecule has 6 atom stereocenters. The Labute approximate surface area is 307 Å². The van der Waals surface area contributed by atoms with E-state index in [1.54, 1.807) is 6.07 Å². The molecular weight excluding hydrogens is 678 g/mol. The Morgan fingerprint density at radius 2 is 1.92 bits per heavy atom. The zero-order chi connectivity index (χ0) is 37.0. The predicted molar refractivity (Wildman–Crippen MR) is 197 cm³/mol. The lowest BCUT2D eigenvalue weighted by Gasteiger charge is -2.48. The van der Waals surface area contributed by atoms with Crippen LogP contribution in [-0.2, 0) is 4.74 Å². The van der Waals surface area contributed by atoms with Gasteiger partial charge in [-0.05, 0) is 58.4 Å². The average Bonchev–Trinajstić information content (AvgIpc) is 3.67. The van der Waals surface area contributed by atoms with Crippen LogP contribution in [0.4, 0.5) is 19.4 Å². The minimum absolute atomic E-state index is 0.00469. The molecule has 9 rings (SSSR count). The average molecular weight is 721 g/mol. The van der Waals surface area contributed by atoms with Crippen molar-refractivity contribution in [2.45, 2.75) is 94.9 Å². The van der Waals surface area contributed by atoms with Crippen LogP contribution in [0, 0.1) is 18.2 Å². The lowest BCUT2D eigenvalue weighted by atomic mass is 9.93. The van der Waals surface area contributed by atoms with Crippen molar-refractivity contribution in [2.75, 3.05) is 31.1 Å². The summed E-state index contributed by atoms with van der Waals surface area (Å²) in [6, 6.07) is 10.3. The van der Waals surface area contributed by atoms with Crippen molar-refractivity contribution in [3.05, 3.63) is 59.9 Å². The summed E-state index contributed by atoms with van der Waals surface area (Å²) >= 11 is 0. The third kappa shape index (κ3) is 5.38. The molecule has 53 heavy (non-hydrogen) atoms. The standard InChI is InChI=1S/C41H42F2N6O4/c1-7-24-10-8-11-25-12-9-13-28(30(24)25)33-32(43)34-31-36(46-38(45-34)51-21-41-16-22(2)18-47(41)19-26(42)17-41)48-20-27-14-15-29(35(48)23(3)52-37(31)44-33)49(27)39(50)53-40(4,5)6/h1,8-13,23,26-27,29,35H,2,14-21H2,3-6H3/t23-,26+,27+,29-,35+,41?/m0/s1. The number of carbonyl (C=O) groups excluding carboxylic acids is 1. The molecule has 0 radical (unpaired) electrons. The van der Waals surface area contributed by atoms with Crippen LogP contribution in [0.15, 0.2) is 48.6 Å². The summed E-state index contributed by atoms with van der Waals surface area (Å²) in [4.78, 5) is 34.3. The largest absolute Gasteiger partial charge is 0.472 e. The van der Waals surface area contributed by atoms with Gasteiger partial charge in [0.1, 0.15) is 46.9 Å². The smallest absolute Gasteiger partial charge is 0.410 e. The molecule has 1 unspecified atom stereocenters. The second-order valence-corrected chi connectivity index (χ2v) is 16.3. The molecule has 2 aromatic heterocycles. The number of pyridine rings is 1. The molecule has 0 N–H and O–H groups in total. The number of benzene rings is 2. The van der Waals surface area contributed by atoms with Gasteiger partial charge in [-0.25, -0.2) is 18.6 Å². The SMILES string of the molecule is C#Cc1cccc2cccc(-c3nc4c5c(nc(OCC67CC(=C)CN6C[C@H](F)C7)nc5c3F)N3C[C@H]5CC[C@@H]([C@H]3[C@H](C)O4)N5C(=O)OC(C)(C)C)c12. The Kier molecular flexibility index (Phi) is 7.65. The van der Waals surface area contributed by atoms with E-state index >= 15 is 4.39 Å². The number of anilines is 1. The van der Waals surface area contributed by atoms with Gasteiger partial charge in [0.25, 0.3) is 0 Å². The lowest BCUT2D eigenvalue weighted by molar-refractivity contribution is 0.000937. The van der Waals surface area contributed by atoms with E-state index in [9.17, 15) is 9.18 Å². The third-order valence-electron chi connectivity index (χ3n) is 11.5. The van der Waals surface area contributed by atoms with Crippen molar-refractivity contribution in [2.24, 2.45) is 0 Å². The van der Waals surface area contributed by atoms with Crippen LogP contribution in [0.3, 0.4) is 0 Å². The second-order valence-electron chi connectivity index (χ2n) is 16.3. The van der Waals surface area contributed by atoms with Gasteiger partial charge in [0.2, 0.25) is 5.88 Å². The molecule has 4 aromatic rings. The number of halogens is 2. The van der Waals surface area contributed by atoms with Gasteiger partial charge in [0, 0.05) is 42.6 Å². The van der Waals surface area contributed by atoms with Gasteiger partial charge in [0.15, 0.2) is 5.82 Å². The fraction of sp³-hybridized carbons (Fsp3) is 0.463. The molecule has 4 fully saturated rings. The van der Waals surface area contributed by atoms with Crippen molar-refractivity contribution in [3.8, 4) is 35.5 Å². The molecular formula is C41H42F2N6O4. The molecule has 0 spiro atoms. The van der Waals surface area contributed by atoms with Crippen molar-refractivity contribution >= 4 is 33.6 Å². The number of rotatable bonds is 4. The number of terminal acetylenes is 1. The number of ether oxygens (including phenoxy) is 3. The van der Waals surface area contributed by atoms with Crippen LogP contribution in [0.5, 0.6) is 11.9 Å². The number of carbonyl (C=O) groups is 1. The Balaban J connectivity index is 1.21. The first-order valence-corrected chi connectivity index (χ1v) is 18.4. The van der Waals surface area contributed by atoms with Gasteiger partial charge in [0.05, 0.1) is 23.7 Å². The van der Waals surface area contributed by atoms with E-state index in [1.165, 1.54) is 0 Å². The molecule has 0 saturated carbocycles. The van der Waals surface area contributed by atoms with Crippen LogP contribution < -0.4 is 14.4 Å². The highest BCUT2D eigenvalue weighted by atomic mass is 19.1. The van der Waals surface area contributed by atoms with Gasteiger partial charge < -0.3 is 19.1 Å². The minimum atomic E-state index is -0.979. The lowest BCUT2D eigenvalue weighted by Crippen LogP contribution is -2.65. The number of hydrogen-bond acceptors (Lipinski definition) is 9. The van der Waals surface area contributed by atoms with Gasteiger partial charge in [-0.3, -0.25) is 9.80 Å². The van der Waals surface area contributed by atoms with Crippen molar-refractivity contribution in [1.82, 2.24) is 24.8 Å². The van der Waals surface area contributed by atoms with E-state index in [0.717, 1.165) is 23.8 Å². The van der Waals surface area contributed by atoms with Crippen molar-refractivity contribution < 1.29 is 27.8 Å². The first-order chi connectivity index (χ1) is 25.3. The summed E-state index contributed by atoms with van der Waals surface area (Å²) in [5, 5.41) is 1.86. The second kappa shape index (κ2) is 12.0. The molecule has 0 aliphatic carbocycles. The van der Waals surface area contributed by atoms with Gasteiger partial charge >= 0.3 is 12.1 Å². The van der Waals surface area contributed by atoms with Gasteiger partial charge in [-0.1, -0.05) is 48.4 Å². The summed E-state index contributed by atoms with van der Waals surface area (Å²) in [6.45, 7) is 13.1. The van der Waals surface area contributed by atoms with E-state index < -0.39 is 29.2 Å². The van der Waals surface area contributed by atoms with Gasteiger partial charge in [-0.15, -0.1) is 6.42 Å². The van der Waals surface area contributed by atoms with Crippen LogP contribution in [0.1, 0.15) is 58.9 Å². The number of nitrogens with zero attached hydrogens (tertiary/aromatic N) is 6. The third-order valence-corrected chi connectivity index (χ3v) is 11.5. The quantitative estimate of drug-likeness (QED) is 0.166. The Morgan fingerprint density at radius 1 is 1.13 bits per heavy atom. The summed E-state index contributed by atoms with van der Waals surface area (Å²) < 4.78 is 51.1. The fourth-order valence-corrected chi connectivity index (χ4v) is 9.57. The topological polar surface area (TPSA) is 93.2 Å². The molecule has 2 bridgehead atoms. The molecule has 1 amide bonds. The molecule has 274 valence electrons. The summed E-state index contributed by atoms with van der Waals surface area (Å²) in [6.07, 6.45) is 6.50. The summed E-state index contributed by atoms with van der Waals surface area (Å²) in [7, 11) is 0. The molecule has 12 heteroatoms. The highest BCUT2D eigenvalue weighted by molar-refractivity contribution is 6.03. The normalized spacial score (nSPS) is 27.7. The van der Waals surface area contributed by atoms with E-state index in [1.807, 2.05) is 62.9 Å². The van der Waals surface area contributed by atoms with E-state index in [0.29, 0.717) is 60.2 Å². The Bertz CT molecular complexity index is 2250. The predicted octanol–water partition coefficient (Wildman–Crippen LogP) is 6.82. The monoisotopic (exact) mass is 720 g/mol. The van der Waals surface area contributed by atoms with E-state index in [4.69, 9.17) is 35.6 Å². The number of amides is 1. The fourth-order valence-electron chi connectivity index (χ4n) is 9.57. The molecule has 7 heterocycles. The van der Waals surface area contributed by atoms with Gasteiger partial charge in [-0.2, -0.15) is 9.97 Å². The number of fused-ring (bicyclic) bond motifs is 7. The maximum Gasteiger partial charge on any atom is 0.410 e. The first kappa shape index (κ1) is 33.8.